The summed E-state index contributed by atoms with van der Waals surface area (Å²) in [6.07, 6.45) is 0.475. The smallest absolute Gasteiger partial charge is 0.363 e. The molecule has 1 amide bonds. The number of benzene rings is 1. The zero-order valence-corrected chi connectivity index (χ0v) is 18.2. The highest BCUT2D eigenvalue weighted by Gasteiger charge is 2.47. The van der Waals surface area contributed by atoms with Gasteiger partial charge in [-0.1, -0.05) is 47.3 Å². The lowest BCUT2D eigenvalue weighted by Crippen LogP contribution is -2.38. The minimum atomic E-state index is -4.47. The fourth-order valence-electron chi connectivity index (χ4n) is 4.41. The summed E-state index contributed by atoms with van der Waals surface area (Å²) in [6, 6.07) is 6.46. The van der Waals surface area contributed by atoms with Gasteiger partial charge in [-0.2, -0.15) is 18.3 Å². The van der Waals surface area contributed by atoms with E-state index in [4.69, 9.17) is 0 Å². The summed E-state index contributed by atoms with van der Waals surface area (Å²) in [5.74, 6) is -0.108. The first-order valence-corrected chi connectivity index (χ1v) is 11.0. The van der Waals surface area contributed by atoms with Crippen LogP contribution in [0.5, 0.6) is 0 Å². The molecule has 0 saturated heterocycles. The second-order valence-corrected chi connectivity index (χ2v) is 9.02. The number of carbonyl (C=O) groups is 1. The number of amides is 1. The SMILES string of the molecule is CN(C(=O)c1cc2n(n1)[C@@H](C(F)(F)F)C[C@@H](c1ccc(Br)cc1)N2)C1CCCCC1. The van der Waals surface area contributed by atoms with Crippen molar-refractivity contribution in [1.29, 1.82) is 0 Å². The molecule has 0 radical (unpaired) electrons. The minimum absolute atomic E-state index is 0.0521. The molecule has 1 N–H and O–H groups in total. The van der Waals surface area contributed by atoms with Crippen molar-refractivity contribution < 1.29 is 18.0 Å². The molecule has 1 saturated carbocycles. The van der Waals surface area contributed by atoms with Gasteiger partial charge in [0.2, 0.25) is 0 Å². The van der Waals surface area contributed by atoms with E-state index in [1.165, 1.54) is 6.07 Å². The number of fused-ring (bicyclic) bond motifs is 1. The average Bonchev–Trinajstić information content (AvgIpc) is 3.16. The van der Waals surface area contributed by atoms with Gasteiger partial charge < -0.3 is 10.2 Å². The van der Waals surface area contributed by atoms with Gasteiger partial charge in [0.25, 0.3) is 5.91 Å². The number of anilines is 1. The maximum Gasteiger partial charge on any atom is 0.410 e. The van der Waals surface area contributed by atoms with Crippen LogP contribution < -0.4 is 5.32 Å². The van der Waals surface area contributed by atoms with E-state index in [-0.39, 0.29) is 29.9 Å². The van der Waals surface area contributed by atoms with Crippen molar-refractivity contribution in [2.24, 2.45) is 0 Å². The highest BCUT2D eigenvalue weighted by atomic mass is 79.9. The molecule has 0 bridgehead atoms. The molecule has 2 aromatic rings. The first-order valence-electron chi connectivity index (χ1n) is 10.2. The molecule has 0 spiro atoms. The van der Waals surface area contributed by atoms with Crippen LogP contribution in [-0.2, 0) is 0 Å². The normalized spacial score (nSPS) is 22.3. The lowest BCUT2D eigenvalue weighted by atomic mass is 9.94. The standard InChI is InChI=1S/C21H24BrF3N4O/c1-28(15-5-3-2-4-6-15)20(30)17-12-19-26-16(13-7-9-14(22)10-8-13)11-18(21(23,24)25)29(19)27-17/h7-10,12,15-16,18,26H,2-6,11H2,1H3/t16-,18+/m0/s1. The molecule has 9 heteroatoms. The Morgan fingerprint density at radius 2 is 1.87 bits per heavy atom. The van der Waals surface area contributed by atoms with Gasteiger partial charge in [0.05, 0.1) is 6.04 Å². The molecule has 1 aliphatic carbocycles. The van der Waals surface area contributed by atoms with Gasteiger partial charge in [0.15, 0.2) is 11.7 Å². The fourth-order valence-corrected chi connectivity index (χ4v) is 4.67. The molecule has 2 heterocycles. The second kappa shape index (κ2) is 8.24. The van der Waals surface area contributed by atoms with Crippen molar-refractivity contribution in [1.82, 2.24) is 14.7 Å². The maximum atomic E-state index is 13.8. The maximum absolute atomic E-state index is 13.8. The van der Waals surface area contributed by atoms with Gasteiger partial charge >= 0.3 is 6.18 Å². The third-order valence-corrected chi connectivity index (χ3v) is 6.65. The van der Waals surface area contributed by atoms with Gasteiger partial charge in [-0.15, -0.1) is 0 Å². The van der Waals surface area contributed by atoms with Crippen LogP contribution in [0.15, 0.2) is 34.8 Å². The summed E-state index contributed by atoms with van der Waals surface area (Å²) < 4.78 is 43.3. The largest absolute Gasteiger partial charge is 0.410 e. The number of aromatic nitrogens is 2. The summed E-state index contributed by atoms with van der Waals surface area (Å²) >= 11 is 3.35. The van der Waals surface area contributed by atoms with Gasteiger partial charge in [0, 0.05) is 30.0 Å². The number of nitrogens with one attached hydrogen (secondary N) is 1. The number of nitrogens with zero attached hydrogens (tertiary/aromatic N) is 3. The highest BCUT2D eigenvalue weighted by molar-refractivity contribution is 9.10. The van der Waals surface area contributed by atoms with Gasteiger partial charge in [0.1, 0.15) is 5.82 Å². The summed E-state index contributed by atoms with van der Waals surface area (Å²) in [6.45, 7) is 0. The quantitative estimate of drug-likeness (QED) is 0.606. The van der Waals surface area contributed by atoms with Gasteiger partial charge in [-0.05, 0) is 30.5 Å². The molecule has 1 aromatic heterocycles. The van der Waals surface area contributed by atoms with E-state index < -0.39 is 18.3 Å². The van der Waals surface area contributed by atoms with Crippen molar-refractivity contribution in [3.8, 4) is 0 Å². The van der Waals surface area contributed by atoms with Crippen molar-refractivity contribution in [2.75, 3.05) is 12.4 Å². The van der Waals surface area contributed by atoms with Crippen LogP contribution in [0.3, 0.4) is 0 Å². The molecule has 2 atom stereocenters. The van der Waals surface area contributed by atoms with Crippen molar-refractivity contribution in [3.63, 3.8) is 0 Å². The van der Waals surface area contributed by atoms with E-state index in [1.807, 2.05) is 0 Å². The predicted molar refractivity (Wildman–Crippen MR) is 111 cm³/mol. The first kappa shape index (κ1) is 21.2. The van der Waals surface area contributed by atoms with Gasteiger partial charge in [-0.25, -0.2) is 4.68 Å². The van der Waals surface area contributed by atoms with Crippen LogP contribution in [0.2, 0.25) is 0 Å². The number of hydrogen-bond donors (Lipinski definition) is 1. The third kappa shape index (κ3) is 4.22. The van der Waals surface area contributed by atoms with E-state index in [0.29, 0.717) is 0 Å². The molecule has 1 aromatic carbocycles. The summed E-state index contributed by atoms with van der Waals surface area (Å²) in [5.41, 5.74) is 0.809. The molecule has 2 aliphatic rings. The summed E-state index contributed by atoms with van der Waals surface area (Å²) in [4.78, 5) is 14.6. The number of alkyl halides is 3. The zero-order valence-electron chi connectivity index (χ0n) is 16.6. The topological polar surface area (TPSA) is 50.2 Å². The monoisotopic (exact) mass is 484 g/mol. The Morgan fingerprint density at radius 3 is 2.50 bits per heavy atom. The third-order valence-electron chi connectivity index (χ3n) is 6.12. The molecule has 1 fully saturated rings. The lowest BCUT2D eigenvalue weighted by Gasteiger charge is -2.33. The van der Waals surface area contributed by atoms with Crippen molar-refractivity contribution in [2.45, 2.75) is 62.8 Å². The van der Waals surface area contributed by atoms with E-state index in [9.17, 15) is 18.0 Å². The minimum Gasteiger partial charge on any atom is -0.363 e. The van der Waals surface area contributed by atoms with Crippen LogP contribution in [0, 0.1) is 0 Å². The fraction of sp³-hybridized carbons (Fsp3) is 0.524. The molecule has 1 aliphatic heterocycles. The number of carbonyl (C=O) groups excluding carboxylic acids is 1. The van der Waals surface area contributed by atoms with Crippen molar-refractivity contribution in [3.05, 3.63) is 46.1 Å². The Kier molecular flexibility index (Phi) is 5.83. The predicted octanol–water partition coefficient (Wildman–Crippen LogP) is 5.71. The van der Waals surface area contributed by atoms with E-state index in [0.717, 1.165) is 46.8 Å². The van der Waals surface area contributed by atoms with Crippen molar-refractivity contribution >= 4 is 27.7 Å². The molecule has 0 unspecified atom stereocenters. The van der Waals surface area contributed by atoms with Gasteiger partial charge in [-0.3, -0.25) is 4.79 Å². The summed E-state index contributed by atoms with van der Waals surface area (Å²) in [7, 11) is 1.72. The van der Waals surface area contributed by atoms with E-state index >= 15 is 0 Å². The molecule has 162 valence electrons. The second-order valence-electron chi connectivity index (χ2n) is 8.11. The Bertz CT molecular complexity index is 906. The number of hydrogen-bond acceptors (Lipinski definition) is 3. The van der Waals surface area contributed by atoms with E-state index in [1.54, 1.807) is 36.2 Å². The average molecular weight is 485 g/mol. The Hall–Kier alpha value is -2.03. The Morgan fingerprint density at radius 1 is 1.20 bits per heavy atom. The van der Waals surface area contributed by atoms with Crippen LogP contribution in [-0.4, -0.2) is 39.9 Å². The van der Waals surface area contributed by atoms with E-state index in [2.05, 4.69) is 26.3 Å². The number of rotatable bonds is 3. The molecule has 30 heavy (non-hydrogen) atoms. The van der Waals surface area contributed by atoms with Crippen LogP contribution in [0.25, 0.3) is 0 Å². The highest BCUT2D eigenvalue weighted by Crippen LogP contribution is 2.43. The molecular formula is C21H24BrF3N4O. The first-order chi connectivity index (χ1) is 14.2. The van der Waals surface area contributed by atoms with Crippen LogP contribution in [0.4, 0.5) is 19.0 Å². The Balaban J connectivity index is 1.62. The van der Waals surface area contributed by atoms with Crippen LogP contribution >= 0.6 is 15.9 Å². The molecule has 5 nitrogen and oxygen atoms in total. The molecule has 4 rings (SSSR count). The zero-order chi connectivity index (χ0) is 21.5. The van der Waals surface area contributed by atoms with Crippen LogP contribution in [0.1, 0.15) is 66.7 Å². The molecular weight excluding hydrogens is 461 g/mol. The Labute approximate surface area is 181 Å². The number of halogens is 4. The summed E-state index contributed by atoms with van der Waals surface area (Å²) in [5, 5.41) is 7.24. The lowest BCUT2D eigenvalue weighted by molar-refractivity contribution is -0.173.